The molecule has 0 atom stereocenters. The number of carbonyl (C=O) groups is 1. The molecule has 9 nitrogen and oxygen atoms in total. The van der Waals surface area contributed by atoms with Gasteiger partial charge in [-0.05, 0) is 42.0 Å². The molecule has 0 aliphatic rings. The van der Waals surface area contributed by atoms with Gasteiger partial charge in [-0.15, -0.1) is 0 Å². The van der Waals surface area contributed by atoms with Crippen molar-refractivity contribution in [3.8, 4) is 35.1 Å². The Hall–Kier alpha value is -4.28. The molecule has 4 N–H and O–H groups in total. The first-order chi connectivity index (χ1) is 13.6. The minimum Gasteiger partial charge on any atom is -0.504 e. The predicted octanol–water partition coefficient (Wildman–Crippen LogP) is 2.08. The summed E-state index contributed by atoms with van der Waals surface area (Å²) >= 11 is 0. The second kappa shape index (κ2) is 8.17. The summed E-state index contributed by atoms with van der Waals surface area (Å²) in [4.78, 5) is 11.2. The van der Waals surface area contributed by atoms with Gasteiger partial charge in [0.2, 0.25) is 9.84 Å². The number of aromatic hydroxyl groups is 4. The highest BCUT2D eigenvalue weighted by molar-refractivity contribution is 7.98. The van der Waals surface area contributed by atoms with Crippen LogP contribution >= 0.6 is 0 Å². The minimum atomic E-state index is -4.54. The Kier molecular flexibility index (Phi) is 5.92. The third-order valence-electron chi connectivity index (χ3n) is 3.62. The third-order valence-corrected chi connectivity index (χ3v) is 4.99. The first-order valence-electron chi connectivity index (χ1n) is 7.66. The second-order valence-electron chi connectivity index (χ2n) is 5.58. The first-order valence-corrected chi connectivity index (χ1v) is 9.21. The maximum Gasteiger partial charge on any atom is 0.211 e. The number of ketones is 1. The number of sulfone groups is 1. The van der Waals surface area contributed by atoms with Crippen molar-refractivity contribution < 1.29 is 33.6 Å². The monoisotopic (exact) mass is 412 g/mol. The standard InChI is InChI=1S/C19H12N2O7S/c20-8-13(11-1-3-15(22)18(25)5-11)10-29(27,28)14(9-21)7-17(24)12-2-4-16(23)19(26)6-12/h1-7,10,22-23,25-26H. The summed E-state index contributed by atoms with van der Waals surface area (Å²) in [6, 6.07) is 9.18. The lowest BCUT2D eigenvalue weighted by molar-refractivity contribution is 0.104. The zero-order chi connectivity index (χ0) is 21.8. The van der Waals surface area contributed by atoms with Gasteiger partial charge < -0.3 is 20.4 Å². The van der Waals surface area contributed by atoms with Gasteiger partial charge in [-0.25, -0.2) is 8.42 Å². The summed E-state index contributed by atoms with van der Waals surface area (Å²) in [6.07, 6.45) is 0.515. The first kappa shape index (κ1) is 21.0. The molecule has 0 saturated heterocycles. The number of phenolic OH excluding ortho intramolecular Hbond substituents is 4. The maximum absolute atomic E-state index is 12.5. The minimum absolute atomic E-state index is 0.0431. The van der Waals surface area contributed by atoms with Gasteiger partial charge in [0.05, 0.1) is 11.0 Å². The molecule has 0 radical (unpaired) electrons. The molecule has 0 fully saturated rings. The second-order valence-corrected chi connectivity index (χ2v) is 7.35. The fraction of sp³-hybridized carbons (Fsp3) is 0. The van der Waals surface area contributed by atoms with Gasteiger partial charge in [0, 0.05) is 11.6 Å². The quantitative estimate of drug-likeness (QED) is 0.247. The molecule has 0 aromatic heterocycles. The predicted molar refractivity (Wildman–Crippen MR) is 100 cm³/mol. The number of carbonyl (C=O) groups excluding carboxylic acids is 1. The molecular formula is C19H12N2O7S. The van der Waals surface area contributed by atoms with Crippen molar-refractivity contribution in [2.24, 2.45) is 0 Å². The van der Waals surface area contributed by atoms with E-state index in [9.17, 15) is 38.9 Å². The van der Waals surface area contributed by atoms with Crippen molar-refractivity contribution in [1.29, 1.82) is 10.5 Å². The average molecular weight is 412 g/mol. The van der Waals surface area contributed by atoms with Gasteiger partial charge in [0.1, 0.15) is 12.1 Å². The van der Waals surface area contributed by atoms with Crippen LogP contribution in [0.5, 0.6) is 23.0 Å². The van der Waals surface area contributed by atoms with Gasteiger partial charge in [-0.3, -0.25) is 4.79 Å². The fourth-order valence-corrected chi connectivity index (χ4v) is 3.15. The highest BCUT2D eigenvalue weighted by Crippen LogP contribution is 2.29. The maximum atomic E-state index is 12.5. The molecule has 0 unspecified atom stereocenters. The van der Waals surface area contributed by atoms with Crippen molar-refractivity contribution in [2.45, 2.75) is 0 Å². The molecule has 2 aromatic carbocycles. The number of nitrogens with zero attached hydrogens (tertiary/aromatic N) is 2. The van der Waals surface area contributed by atoms with Crippen LogP contribution in [0.25, 0.3) is 5.57 Å². The van der Waals surface area contributed by atoms with Gasteiger partial charge in [-0.2, -0.15) is 10.5 Å². The number of rotatable bonds is 5. The van der Waals surface area contributed by atoms with Crippen LogP contribution in [-0.4, -0.2) is 34.6 Å². The van der Waals surface area contributed by atoms with Crippen LogP contribution in [0.1, 0.15) is 15.9 Å². The van der Waals surface area contributed by atoms with Crippen molar-refractivity contribution in [2.75, 3.05) is 0 Å². The van der Waals surface area contributed by atoms with Crippen molar-refractivity contribution >= 4 is 21.2 Å². The molecule has 0 bridgehead atoms. The van der Waals surface area contributed by atoms with E-state index >= 15 is 0 Å². The summed E-state index contributed by atoms with van der Waals surface area (Å²) in [6.45, 7) is 0. The van der Waals surface area contributed by atoms with Crippen LogP contribution in [0.2, 0.25) is 0 Å². The normalized spacial score (nSPS) is 12.1. The Morgan fingerprint density at radius 2 is 1.34 bits per heavy atom. The average Bonchev–Trinajstić information content (AvgIpc) is 2.68. The highest BCUT2D eigenvalue weighted by Gasteiger charge is 2.20. The molecular weight excluding hydrogens is 400 g/mol. The molecule has 2 aromatic rings. The molecule has 29 heavy (non-hydrogen) atoms. The lowest BCUT2D eigenvalue weighted by Crippen LogP contribution is -2.04. The van der Waals surface area contributed by atoms with Gasteiger partial charge >= 0.3 is 0 Å². The van der Waals surface area contributed by atoms with E-state index in [4.69, 9.17) is 5.26 Å². The van der Waals surface area contributed by atoms with E-state index in [1.807, 2.05) is 0 Å². The van der Waals surface area contributed by atoms with Gasteiger partial charge in [-0.1, -0.05) is 0 Å². The van der Waals surface area contributed by atoms with Crippen LogP contribution in [0.15, 0.2) is 52.8 Å². The Labute approximate surface area is 164 Å². The highest BCUT2D eigenvalue weighted by atomic mass is 32.2. The molecule has 0 heterocycles. The summed E-state index contributed by atoms with van der Waals surface area (Å²) in [5.41, 5.74) is -0.675. The number of hydrogen-bond donors (Lipinski definition) is 4. The molecule has 0 saturated carbocycles. The van der Waals surface area contributed by atoms with E-state index in [1.54, 1.807) is 6.07 Å². The summed E-state index contributed by atoms with van der Waals surface area (Å²) < 4.78 is 24.9. The summed E-state index contributed by atoms with van der Waals surface area (Å²) in [5, 5.41) is 56.3. The van der Waals surface area contributed by atoms with E-state index in [0.717, 1.165) is 30.3 Å². The van der Waals surface area contributed by atoms with Crippen molar-refractivity contribution in [3.63, 3.8) is 0 Å². The van der Waals surface area contributed by atoms with Crippen LogP contribution in [0.4, 0.5) is 0 Å². The lowest BCUT2D eigenvalue weighted by atomic mass is 10.1. The Balaban J connectivity index is 2.48. The van der Waals surface area contributed by atoms with Crippen LogP contribution in [0, 0.1) is 22.7 Å². The van der Waals surface area contributed by atoms with E-state index in [-0.39, 0.29) is 11.1 Å². The SMILES string of the molecule is N#CC(=CS(=O)(=O)C(C#N)=CC(=O)c1ccc(O)c(O)c1)c1ccc(O)c(O)c1. The summed E-state index contributed by atoms with van der Waals surface area (Å²) in [5.74, 6) is -3.09. The van der Waals surface area contributed by atoms with Crippen molar-refractivity contribution in [3.05, 3.63) is 63.9 Å². The largest absolute Gasteiger partial charge is 0.504 e. The van der Waals surface area contributed by atoms with Crippen LogP contribution in [-0.2, 0) is 9.84 Å². The molecule has 0 spiro atoms. The molecule has 10 heteroatoms. The molecule has 0 aliphatic heterocycles. The van der Waals surface area contributed by atoms with E-state index in [0.29, 0.717) is 11.5 Å². The lowest BCUT2D eigenvalue weighted by Gasteiger charge is -2.03. The topological polar surface area (TPSA) is 180 Å². The zero-order valence-corrected chi connectivity index (χ0v) is 15.3. The van der Waals surface area contributed by atoms with E-state index < -0.39 is 49.1 Å². The molecule has 0 amide bonds. The number of benzene rings is 2. The number of nitriles is 2. The van der Waals surface area contributed by atoms with E-state index in [2.05, 4.69) is 0 Å². The Morgan fingerprint density at radius 3 is 1.83 bits per heavy atom. The number of allylic oxidation sites excluding steroid dienone is 3. The number of phenols is 4. The third kappa shape index (κ3) is 4.71. The zero-order valence-electron chi connectivity index (χ0n) is 14.4. The van der Waals surface area contributed by atoms with E-state index in [1.165, 1.54) is 12.1 Å². The molecule has 146 valence electrons. The smallest absolute Gasteiger partial charge is 0.211 e. The van der Waals surface area contributed by atoms with Crippen LogP contribution < -0.4 is 0 Å². The van der Waals surface area contributed by atoms with Gasteiger partial charge in [0.25, 0.3) is 0 Å². The van der Waals surface area contributed by atoms with Gasteiger partial charge in [0.15, 0.2) is 33.7 Å². The fourth-order valence-electron chi connectivity index (χ4n) is 2.13. The molecule has 2 rings (SSSR count). The summed E-state index contributed by atoms with van der Waals surface area (Å²) in [7, 11) is -4.54. The van der Waals surface area contributed by atoms with Crippen molar-refractivity contribution in [1.82, 2.24) is 0 Å². The van der Waals surface area contributed by atoms with Crippen LogP contribution in [0.3, 0.4) is 0 Å². The molecule has 0 aliphatic carbocycles. The Morgan fingerprint density at radius 1 is 0.828 bits per heavy atom. The number of hydrogen-bond acceptors (Lipinski definition) is 9. The Bertz CT molecular complexity index is 1250.